The maximum Gasteiger partial charge on any atom is 0.252 e. The average molecular weight is 1330 g/mol. The fourth-order valence-corrected chi connectivity index (χ4v) is 17.3. The number of para-hydroxylation sites is 1. The van der Waals surface area contributed by atoms with E-state index >= 15 is 0 Å². The van der Waals surface area contributed by atoms with Gasteiger partial charge in [0.25, 0.3) is 6.71 Å². The third kappa shape index (κ3) is 10.6. The van der Waals surface area contributed by atoms with E-state index in [4.69, 9.17) is 0 Å². The summed E-state index contributed by atoms with van der Waals surface area (Å²) in [4.78, 5) is 5.38. The molecule has 3 nitrogen and oxygen atoms in total. The van der Waals surface area contributed by atoms with Crippen LogP contribution >= 0.6 is 0 Å². The number of hydrogen-bond acceptors (Lipinski definition) is 2. The lowest BCUT2D eigenvalue weighted by molar-refractivity contribution is 0.589. The van der Waals surface area contributed by atoms with Gasteiger partial charge in [0.05, 0.1) is 27.8 Å². The minimum Gasteiger partial charge on any atom is -0.311 e. The Hall–Kier alpha value is -10.7. The normalized spacial score (nSPS) is 14.0. The van der Waals surface area contributed by atoms with Crippen LogP contribution in [0.4, 0.5) is 34.1 Å². The van der Waals surface area contributed by atoms with Crippen molar-refractivity contribution in [1.29, 1.82) is 0 Å². The largest absolute Gasteiger partial charge is 0.311 e. The molecule has 13 aromatic carbocycles. The van der Waals surface area contributed by atoms with Crippen molar-refractivity contribution in [1.82, 2.24) is 4.57 Å². The van der Waals surface area contributed by atoms with Crippen LogP contribution in [0.5, 0.6) is 0 Å². The number of hydrogen-bond donors (Lipinski definition) is 0. The van der Waals surface area contributed by atoms with Gasteiger partial charge in [-0.3, -0.25) is 0 Å². The lowest BCUT2D eigenvalue weighted by Gasteiger charge is -2.46. The zero-order valence-corrected chi connectivity index (χ0v) is 62.6. The van der Waals surface area contributed by atoms with Crippen LogP contribution in [-0.4, -0.2) is 11.3 Å². The fourth-order valence-electron chi connectivity index (χ4n) is 17.3. The topological polar surface area (TPSA) is 11.4 Å². The first-order valence-electron chi connectivity index (χ1n) is 37.2. The van der Waals surface area contributed by atoms with Gasteiger partial charge in [0.1, 0.15) is 0 Å². The van der Waals surface area contributed by atoms with Crippen LogP contribution in [0.25, 0.3) is 72.0 Å². The zero-order chi connectivity index (χ0) is 71.4. The molecule has 0 radical (unpaired) electrons. The minimum absolute atomic E-state index is 0.00105. The second-order valence-corrected chi connectivity index (χ2v) is 34.5. The summed E-state index contributed by atoms with van der Waals surface area (Å²) in [5.74, 6) is 0. The molecule has 14 aromatic rings. The average Bonchev–Trinajstić information content (AvgIpc) is 1.64. The third-order valence-electron chi connectivity index (χ3n) is 22.9. The van der Waals surface area contributed by atoms with Crippen LogP contribution in [0, 0.1) is 0 Å². The van der Waals surface area contributed by atoms with Gasteiger partial charge >= 0.3 is 0 Å². The molecule has 0 fully saturated rings. The van der Waals surface area contributed by atoms with Gasteiger partial charge < -0.3 is 14.4 Å². The number of aromatic nitrogens is 1. The van der Waals surface area contributed by atoms with Crippen molar-refractivity contribution >= 4 is 79.0 Å². The smallest absolute Gasteiger partial charge is 0.252 e. The van der Waals surface area contributed by atoms with Crippen LogP contribution < -0.4 is 26.2 Å². The van der Waals surface area contributed by atoms with E-state index < -0.39 is 5.41 Å². The van der Waals surface area contributed by atoms with E-state index in [9.17, 15) is 0 Å². The summed E-state index contributed by atoms with van der Waals surface area (Å²) in [6.07, 6.45) is 0. The SMILES string of the molecule is CC(C)(C)c1ccc(-c2cc(C(C)(C)C)ccc2N2c3ccc(-c4ccccc4)cc3B3c4ccc(-n5c6ccccc6c6c7c(ccc65)-c5ccccc5C7(c5ccccc5)c5ccccc5)cc4N(c4ccc(C(C)(C)C)cc4-c4ccc(C(C)(C)C)cc4)c4cc(C(C)(C)C)cc2c43)cc1. The maximum absolute atomic E-state index is 2.71. The standard InChI is InChI=1S/C99H92BN3/c1-94(2,3)67-44-39-64(40-45-67)78-58-71(96(7,8)9)48-54-84(78)102-86-53-43-66(63-29-19-16-20-30-63)57-82(86)100-81-52-50-74(62-88(81)103(90-61-73(98(13,14)15)60-89(102)93(90)100)85-55-49-72(97(10,11)12)59-79(85)65-41-46-68(47-42-65)95(4,5)6)101-83-38-28-26-36-77(83)91-87(101)56-51-76-75-35-25-27-37-80(75)99(92(76)91,69-31-21-17-22-32-69)70-33-23-18-24-34-70/h16-62H,1-15H3. The van der Waals surface area contributed by atoms with E-state index in [1.165, 1.54) is 150 Å². The number of anilines is 6. The predicted molar refractivity (Wildman–Crippen MR) is 442 cm³/mol. The molecule has 0 N–H and O–H groups in total. The van der Waals surface area contributed by atoms with Gasteiger partial charge in [0.2, 0.25) is 0 Å². The molecule has 4 heteroatoms. The van der Waals surface area contributed by atoms with Crippen molar-refractivity contribution in [2.75, 3.05) is 9.80 Å². The molecule has 0 spiro atoms. The highest BCUT2D eigenvalue weighted by atomic mass is 15.2. The summed E-state index contributed by atoms with van der Waals surface area (Å²) >= 11 is 0. The first kappa shape index (κ1) is 65.6. The fraction of sp³-hybridized carbons (Fsp3) is 0.212. The van der Waals surface area contributed by atoms with Crippen molar-refractivity contribution in [2.45, 2.75) is 136 Å². The van der Waals surface area contributed by atoms with E-state index in [2.05, 4.69) is 403 Å². The van der Waals surface area contributed by atoms with Gasteiger partial charge in [0.15, 0.2) is 0 Å². The first-order chi connectivity index (χ1) is 49.3. The molecule has 0 atom stereocenters. The molecule has 103 heavy (non-hydrogen) atoms. The van der Waals surface area contributed by atoms with E-state index in [0.29, 0.717) is 0 Å². The van der Waals surface area contributed by atoms with Gasteiger partial charge in [-0.25, -0.2) is 0 Å². The predicted octanol–water partition coefficient (Wildman–Crippen LogP) is 24.7. The van der Waals surface area contributed by atoms with E-state index in [0.717, 1.165) is 22.7 Å². The molecular weight excluding hydrogens is 1240 g/mol. The van der Waals surface area contributed by atoms with Crippen LogP contribution in [0.1, 0.15) is 154 Å². The lowest BCUT2D eigenvalue weighted by atomic mass is 9.33. The monoisotopic (exact) mass is 1330 g/mol. The van der Waals surface area contributed by atoms with Crippen molar-refractivity contribution in [2.24, 2.45) is 0 Å². The zero-order valence-electron chi connectivity index (χ0n) is 62.6. The Labute approximate surface area is 611 Å². The highest BCUT2D eigenvalue weighted by molar-refractivity contribution is 7.00. The molecule has 0 unspecified atom stereocenters. The van der Waals surface area contributed by atoms with Crippen LogP contribution in [-0.2, 0) is 32.5 Å². The number of nitrogens with zero attached hydrogens (tertiary/aromatic N) is 3. The molecular formula is C99H92BN3. The van der Waals surface area contributed by atoms with Gasteiger partial charge in [-0.2, -0.15) is 0 Å². The van der Waals surface area contributed by atoms with Gasteiger partial charge in [0, 0.05) is 50.3 Å². The number of fused-ring (bicyclic) bond motifs is 11. The van der Waals surface area contributed by atoms with Gasteiger partial charge in [-0.05, 0) is 194 Å². The Balaban J connectivity index is 0.998. The molecule has 3 aliphatic rings. The summed E-state index contributed by atoms with van der Waals surface area (Å²) in [6.45, 7) is 35.0. The highest BCUT2D eigenvalue weighted by Crippen LogP contribution is 2.60. The summed E-state index contributed by atoms with van der Waals surface area (Å²) in [6, 6.07) is 111. The molecule has 0 saturated heterocycles. The van der Waals surface area contributed by atoms with Crippen molar-refractivity contribution in [3.63, 3.8) is 0 Å². The Morgan fingerprint density at radius 1 is 0.282 bits per heavy atom. The third-order valence-corrected chi connectivity index (χ3v) is 22.9. The molecule has 3 heterocycles. The van der Waals surface area contributed by atoms with Crippen LogP contribution in [0.2, 0.25) is 0 Å². The van der Waals surface area contributed by atoms with Gasteiger partial charge in [-0.15, -0.1) is 0 Å². The summed E-state index contributed by atoms with van der Waals surface area (Å²) < 4.78 is 2.59. The van der Waals surface area contributed by atoms with Crippen molar-refractivity contribution in [3.8, 4) is 50.2 Å². The minimum atomic E-state index is -0.615. The molecule has 0 saturated carbocycles. The first-order valence-corrected chi connectivity index (χ1v) is 37.2. The lowest BCUT2D eigenvalue weighted by Crippen LogP contribution is -2.61. The quantitative estimate of drug-likeness (QED) is 0.141. The maximum atomic E-state index is 2.71. The van der Waals surface area contributed by atoms with Crippen LogP contribution in [0.15, 0.2) is 285 Å². The highest BCUT2D eigenvalue weighted by Gasteiger charge is 2.49. The molecule has 17 rings (SSSR count). The van der Waals surface area contributed by atoms with E-state index in [-0.39, 0.29) is 33.8 Å². The number of benzene rings is 13. The Morgan fingerprint density at radius 2 is 0.748 bits per heavy atom. The second kappa shape index (κ2) is 23.7. The molecule has 0 bridgehead atoms. The van der Waals surface area contributed by atoms with Crippen LogP contribution in [0.3, 0.4) is 0 Å². The van der Waals surface area contributed by atoms with E-state index in [1.54, 1.807) is 0 Å². The molecule has 1 aromatic heterocycles. The summed E-state index contributed by atoms with van der Waals surface area (Å²) in [5, 5.41) is 2.50. The Kier molecular flexibility index (Phi) is 15.1. The van der Waals surface area contributed by atoms with Gasteiger partial charge in [-0.1, -0.05) is 322 Å². The Morgan fingerprint density at radius 3 is 1.29 bits per heavy atom. The Bertz CT molecular complexity index is 5640. The molecule has 2 aliphatic heterocycles. The number of rotatable bonds is 8. The molecule has 506 valence electrons. The summed E-state index contributed by atoms with van der Waals surface area (Å²) in [7, 11) is 0. The van der Waals surface area contributed by atoms with E-state index in [1.807, 2.05) is 0 Å². The summed E-state index contributed by atoms with van der Waals surface area (Å²) in [5.41, 5.74) is 34.5. The second-order valence-electron chi connectivity index (χ2n) is 34.5. The molecule has 0 amide bonds. The van der Waals surface area contributed by atoms with Crippen molar-refractivity contribution in [3.05, 3.63) is 335 Å². The molecule has 1 aliphatic carbocycles. The van der Waals surface area contributed by atoms with Crippen molar-refractivity contribution < 1.29 is 0 Å².